The molecule has 2 heterocycles. The van der Waals surface area contributed by atoms with Gasteiger partial charge in [-0.05, 0) is 32.0 Å². The second-order valence-electron chi connectivity index (χ2n) is 7.05. The van der Waals surface area contributed by atoms with Gasteiger partial charge in [0, 0.05) is 26.6 Å². The number of rotatable bonds is 8. The maximum atomic E-state index is 13.3. The zero-order valence-corrected chi connectivity index (χ0v) is 17.0. The summed E-state index contributed by atoms with van der Waals surface area (Å²) in [6.45, 7) is 11.6. The average molecular weight is 393 g/mol. The summed E-state index contributed by atoms with van der Waals surface area (Å²) < 4.78 is 1.53. The van der Waals surface area contributed by atoms with Gasteiger partial charge in [0.05, 0.1) is 17.1 Å². The third-order valence-corrected chi connectivity index (χ3v) is 4.91. The van der Waals surface area contributed by atoms with E-state index in [9.17, 15) is 9.59 Å². The largest absolute Gasteiger partial charge is 0.319 e. The fraction of sp³-hybridized carbons (Fsp3) is 0.318. The summed E-state index contributed by atoms with van der Waals surface area (Å²) in [5.74, 6) is -0.336. The van der Waals surface area contributed by atoms with E-state index in [1.54, 1.807) is 18.0 Å². The van der Waals surface area contributed by atoms with Crippen molar-refractivity contribution in [3.63, 3.8) is 0 Å². The number of anilines is 3. The molecule has 2 aromatic rings. The van der Waals surface area contributed by atoms with Gasteiger partial charge in [0.25, 0.3) is 5.91 Å². The van der Waals surface area contributed by atoms with Crippen molar-refractivity contribution in [2.24, 2.45) is 7.05 Å². The zero-order chi connectivity index (χ0) is 21.0. The smallest absolute Gasteiger partial charge is 0.276 e. The lowest BCUT2D eigenvalue weighted by Gasteiger charge is -2.24. The van der Waals surface area contributed by atoms with Crippen molar-refractivity contribution < 1.29 is 9.59 Å². The van der Waals surface area contributed by atoms with Gasteiger partial charge in [-0.25, -0.2) is 0 Å². The number of amides is 2. The Kier molecular flexibility index (Phi) is 6.29. The molecular weight excluding hydrogens is 366 g/mol. The molecule has 0 saturated heterocycles. The monoisotopic (exact) mass is 393 g/mol. The molecule has 1 aromatic heterocycles. The van der Waals surface area contributed by atoms with Crippen LogP contribution in [-0.4, -0.2) is 46.1 Å². The molecule has 0 atom stereocenters. The molecule has 1 aliphatic rings. The number of aromatic nitrogens is 2. The lowest BCUT2D eigenvalue weighted by Crippen LogP contribution is -2.29. The van der Waals surface area contributed by atoms with Crippen LogP contribution in [0.15, 0.2) is 49.6 Å². The number of benzene rings is 1. The summed E-state index contributed by atoms with van der Waals surface area (Å²) >= 11 is 0. The van der Waals surface area contributed by atoms with E-state index in [0.717, 1.165) is 19.6 Å². The van der Waals surface area contributed by atoms with Gasteiger partial charge in [-0.15, -0.1) is 13.2 Å². The van der Waals surface area contributed by atoms with Crippen molar-refractivity contribution >= 4 is 28.9 Å². The van der Waals surface area contributed by atoms with Crippen molar-refractivity contribution in [3.05, 3.63) is 61.0 Å². The van der Waals surface area contributed by atoms with Crippen LogP contribution in [0.5, 0.6) is 0 Å². The number of hydrogen-bond acceptors (Lipinski definition) is 4. The molecule has 0 aliphatic carbocycles. The fourth-order valence-electron chi connectivity index (χ4n) is 3.69. The van der Waals surface area contributed by atoms with E-state index in [1.807, 2.05) is 37.3 Å². The number of carbonyl (C=O) groups is 2. The Hall–Kier alpha value is -3.19. The Morgan fingerprint density at radius 2 is 1.93 bits per heavy atom. The first-order valence-electron chi connectivity index (χ1n) is 9.69. The second-order valence-corrected chi connectivity index (χ2v) is 7.05. The number of fused-ring (bicyclic) bond motifs is 2. The molecule has 3 rings (SSSR count). The highest BCUT2D eigenvalue weighted by molar-refractivity contribution is 6.17. The van der Waals surface area contributed by atoms with Crippen LogP contribution >= 0.6 is 0 Å². The molecule has 0 saturated carbocycles. The van der Waals surface area contributed by atoms with E-state index in [1.165, 1.54) is 4.68 Å². The minimum Gasteiger partial charge on any atom is -0.319 e. The van der Waals surface area contributed by atoms with Gasteiger partial charge in [0.1, 0.15) is 5.69 Å². The topological polar surface area (TPSA) is 70.5 Å². The highest BCUT2D eigenvalue weighted by atomic mass is 16.2. The first-order valence-corrected chi connectivity index (χ1v) is 9.69. The van der Waals surface area contributed by atoms with Gasteiger partial charge < -0.3 is 5.32 Å². The third kappa shape index (κ3) is 4.14. The third-order valence-electron chi connectivity index (χ3n) is 4.91. The lowest BCUT2D eigenvalue weighted by molar-refractivity contribution is -0.118. The highest BCUT2D eigenvalue weighted by Crippen LogP contribution is 2.39. The Bertz CT molecular complexity index is 937. The molecule has 0 radical (unpaired) electrons. The van der Waals surface area contributed by atoms with E-state index in [0.29, 0.717) is 41.3 Å². The summed E-state index contributed by atoms with van der Waals surface area (Å²) in [6.07, 6.45) is 4.73. The minimum absolute atomic E-state index is 0.0662. The summed E-state index contributed by atoms with van der Waals surface area (Å²) in [4.78, 5) is 29.9. The number of hydrogen-bond donors (Lipinski definition) is 1. The number of carbonyl (C=O) groups excluding carboxylic acids is 2. The lowest BCUT2D eigenvalue weighted by atomic mass is 10.1. The molecule has 0 unspecified atom stereocenters. The van der Waals surface area contributed by atoms with E-state index >= 15 is 0 Å². The average Bonchev–Trinajstić information content (AvgIpc) is 2.89. The van der Waals surface area contributed by atoms with Crippen molar-refractivity contribution in [1.82, 2.24) is 14.7 Å². The maximum Gasteiger partial charge on any atom is 0.276 e. The van der Waals surface area contributed by atoms with Crippen molar-refractivity contribution in [3.8, 4) is 0 Å². The maximum absolute atomic E-state index is 13.3. The molecule has 0 bridgehead atoms. The van der Waals surface area contributed by atoms with Crippen LogP contribution in [0.1, 0.15) is 29.0 Å². The zero-order valence-electron chi connectivity index (χ0n) is 17.0. The number of nitrogens with one attached hydrogen (secondary N) is 1. The normalized spacial score (nSPS) is 12.8. The van der Waals surface area contributed by atoms with Gasteiger partial charge in [0.2, 0.25) is 5.91 Å². The van der Waals surface area contributed by atoms with Gasteiger partial charge in [-0.3, -0.25) is 24.1 Å². The molecule has 152 valence electrons. The van der Waals surface area contributed by atoms with Gasteiger partial charge in [-0.2, -0.15) is 5.10 Å². The highest BCUT2D eigenvalue weighted by Gasteiger charge is 2.33. The molecule has 2 amide bonds. The Labute approximate surface area is 171 Å². The van der Waals surface area contributed by atoms with E-state index in [4.69, 9.17) is 0 Å². The van der Waals surface area contributed by atoms with Crippen molar-refractivity contribution in [2.75, 3.05) is 29.9 Å². The van der Waals surface area contributed by atoms with Crippen LogP contribution in [0.2, 0.25) is 0 Å². The SMILES string of the molecule is C=CCN(CC=C)CCCC(=O)N1c2ccccc2NC(=O)c2c1c(C)nn2C. The molecule has 29 heavy (non-hydrogen) atoms. The number of aryl methyl sites for hydroxylation is 2. The molecule has 1 N–H and O–H groups in total. The number of para-hydroxylation sites is 2. The first-order chi connectivity index (χ1) is 14.0. The standard InChI is InChI=1S/C22H27N5O2/c1-5-13-26(14-6-2)15-9-12-19(28)27-18-11-8-7-10-17(18)23-22(29)21-20(27)16(3)24-25(21)4/h5-8,10-11H,1-2,9,12-15H2,3-4H3,(H,23,29). The summed E-state index contributed by atoms with van der Waals surface area (Å²) in [5, 5.41) is 7.28. The number of nitrogens with zero attached hydrogens (tertiary/aromatic N) is 4. The van der Waals surface area contributed by atoms with E-state index in [2.05, 4.69) is 28.5 Å². The Morgan fingerprint density at radius 1 is 1.24 bits per heavy atom. The molecule has 1 aromatic carbocycles. The molecule has 7 heteroatoms. The van der Waals surface area contributed by atoms with Crippen molar-refractivity contribution in [2.45, 2.75) is 19.8 Å². The Morgan fingerprint density at radius 3 is 2.62 bits per heavy atom. The predicted octanol–water partition coefficient (Wildman–Crippen LogP) is 3.41. The van der Waals surface area contributed by atoms with Crippen LogP contribution in [-0.2, 0) is 11.8 Å². The van der Waals surface area contributed by atoms with Crippen LogP contribution in [0.3, 0.4) is 0 Å². The summed E-state index contributed by atoms with van der Waals surface area (Å²) in [6, 6.07) is 7.35. The van der Waals surface area contributed by atoms with Crippen LogP contribution in [0.25, 0.3) is 0 Å². The molecule has 0 spiro atoms. The van der Waals surface area contributed by atoms with E-state index in [-0.39, 0.29) is 11.8 Å². The van der Waals surface area contributed by atoms with Crippen molar-refractivity contribution in [1.29, 1.82) is 0 Å². The van der Waals surface area contributed by atoms with Crippen LogP contribution in [0.4, 0.5) is 17.1 Å². The van der Waals surface area contributed by atoms with Gasteiger partial charge >= 0.3 is 0 Å². The predicted molar refractivity (Wildman–Crippen MR) is 116 cm³/mol. The molecule has 1 aliphatic heterocycles. The fourth-order valence-corrected chi connectivity index (χ4v) is 3.69. The summed E-state index contributed by atoms with van der Waals surface area (Å²) in [7, 11) is 1.71. The van der Waals surface area contributed by atoms with E-state index < -0.39 is 0 Å². The van der Waals surface area contributed by atoms with Gasteiger partial charge in [-0.1, -0.05) is 24.3 Å². The summed E-state index contributed by atoms with van der Waals surface area (Å²) in [5.41, 5.74) is 2.85. The van der Waals surface area contributed by atoms with Crippen LogP contribution in [0, 0.1) is 6.92 Å². The quantitative estimate of drug-likeness (QED) is 0.698. The first kappa shape index (κ1) is 20.5. The van der Waals surface area contributed by atoms with Crippen LogP contribution < -0.4 is 10.2 Å². The second kappa shape index (κ2) is 8.87. The molecular formula is C22H27N5O2. The minimum atomic E-state index is -0.269. The Balaban J connectivity index is 1.90. The molecule has 7 nitrogen and oxygen atoms in total. The van der Waals surface area contributed by atoms with Gasteiger partial charge in [0.15, 0.2) is 5.69 Å². The molecule has 0 fully saturated rings.